The third-order valence-corrected chi connectivity index (χ3v) is 4.27. The standard InChI is InChI=1S/C15H20BrN/c16-15-7-5-14(6-8-15)11-17(9-12-1-2-12)10-13-3-4-13/h5-8,12-13H,1-4,9-11H2. The Kier molecular flexibility index (Phi) is 3.53. The second-order valence-corrected chi connectivity index (χ2v) is 6.62. The van der Waals surface area contributed by atoms with E-state index in [4.69, 9.17) is 0 Å². The highest BCUT2D eigenvalue weighted by Gasteiger charge is 2.28. The summed E-state index contributed by atoms with van der Waals surface area (Å²) in [5.41, 5.74) is 1.45. The fraction of sp³-hybridized carbons (Fsp3) is 0.600. The zero-order chi connectivity index (χ0) is 11.7. The maximum absolute atomic E-state index is 3.50. The number of rotatable bonds is 6. The Bertz CT molecular complexity index is 351. The van der Waals surface area contributed by atoms with Crippen LogP contribution in [-0.4, -0.2) is 18.0 Å². The van der Waals surface area contributed by atoms with Crippen LogP contribution in [0.5, 0.6) is 0 Å². The molecule has 0 aliphatic heterocycles. The van der Waals surface area contributed by atoms with Crippen molar-refractivity contribution in [3.05, 3.63) is 34.3 Å². The highest BCUT2D eigenvalue weighted by molar-refractivity contribution is 9.10. The molecular weight excluding hydrogens is 274 g/mol. The van der Waals surface area contributed by atoms with E-state index in [1.54, 1.807) is 0 Å². The number of benzene rings is 1. The minimum absolute atomic E-state index is 1.00. The van der Waals surface area contributed by atoms with Crippen LogP contribution in [-0.2, 0) is 6.54 Å². The van der Waals surface area contributed by atoms with E-state index in [1.165, 1.54) is 48.8 Å². The lowest BCUT2D eigenvalue weighted by molar-refractivity contribution is 0.244. The van der Waals surface area contributed by atoms with E-state index in [1.807, 2.05) is 0 Å². The van der Waals surface area contributed by atoms with Crippen LogP contribution in [0.2, 0.25) is 0 Å². The van der Waals surface area contributed by atoms with Crippen LogP contribution in [0.3, 0.4) is 0 Å². The van der Waals surface area contributed by atoms with Gasteiger partial charge in [-0.15, -0.1) is 0 Å². The van der Waals surface area contributed by atoms with Gasteiger partial charge in [-0.25, -0.2) is 0 Å². The predicted molar refractivity (Wildman–Crippen MR) is 74.9 cm³/mol. The van der Waals surface area contributed by atoms with Crippen molar-refractivity contribution in [2.45, 2.75) is 32.2 Å². The number of nitrogens with zero attached hydrogens (tertiary/aromatic N) is 1. The third-order valence-electron chi connectivity index (χ3n) is 3.75. The van der Waals surface area contributed by atoms with E-state index < -0.39 is 0 Å². The second kappa shape index (κ2) is 5.11. The zero-order valence-electron chi connectivity index (χ0n) is 10.2. The smallest absolute Gasteiger partial charge is 0.0233 e. The van der Waals surface area contributed by atoms with Crippen molar-refractivity contribution in [1.82, 2.24) is 4.90 Å². The Balaban J connectivity index is 1.58. The first-order valence-corrected chi connectivity index (χ1v) is 7.56. The van der Waals surface area contributed by atoms with E-state index in [0.717, 1.165) is 18.4 Å². The van der Waals surface area contributed by atoms with E-state index in [-0.39, 0.29) is 0 Å². The maximum Gasteiger partial charge on any atom is 0.0233 e. The Morgan fingerprint density at radius 1 is 0.941 bits per heavy atom. The normalized spacial score (nSPS) is 19.9. The average Bonchev–Trinajstić information content (AvgIpc) is 3.17. The molecule has 0 aromatic heterocycles. The molecule has 1 nitrogen and oxygen atoms in total. The van der Waals surface area contributed by atoms with Crippen LogP contribution in [0.4, 0.5) is 0 Å². The average molecular weight is 294 g/mol. The van der Waals surface area contributed by atoms with Crippen molar-refractivity contribution < 1.29 is 0 Å². The first kappa shape index (κ1) is 11.7. The fourth-order valence-corrected chi connectivity index (χ4v) is 2.65. The van der Waals surface area contributed by atoms with Gasteiger partial charge in [-0.05, 0) is 55.2 Å². The summed E-state index contributed by atoms with van der Waals surface area (Å²) >= 11 is 3.50. The van der Waals surface area contributed by atoms with E-state index >= 15 is 0 Å². The molecule has 0 unspecified atom stereocenters. The molecule has 1 aromatic carbocycles. The molecule has 2 aliphatic carbocycles. The van der Waals surface area contributed by atoms with Crippen molar-refractivity contribution in [2.24, 2.45) is 11.8 Å². The van der Waals surface area contributed by atoms with Gasteiger partial charge in [0.2, 0.25) is 0 Å². The summed E-state index contributed by atoms with van der Waals surface area (Å²) < 4.78 is 1.18. The fourth-order valence-electron chi connectivity index (χ4n) is 2.38. The van der Waals surface area contributed by atoms with Crippen molar-refractivity contribution in [3.8, 4) is 0 Å². The summed E-state index contributed by atoms with van der Waals surface area (Å²) in [5.74, 6) is 2.01. The molecular formula is C15H20BrN. The van der Waals surface area contributed by atoms with Gasteiger partial charge in [0.25, 0.3) is 0 Å². The maximum atomic E-state index is 3.50. The van der Waals surface area contributed by atoms with Gasteiger partial charge in [-0.2, -0.15) is 0 Å². The van der Waals surface area contributed by atoms with Crippen LogP contribution >= 0.6 is 15.9 Å². The second-order valence-electron chi connectivity index (χ2n) is 5.71. The third kappa shape index (κ3) is 3.82. The minimum atomic E-state index is 1.00. The lowest BCUT2D eigenvalue weighted by Crippen LogP contribution is -2.27. The van der Waals surface area contributed by atoms with Crippen molar-refractivity contribution in [3.63, 3.8) is 0 Å². The summed E-state index contributed by atoms with van der Waals surface area (Å²) in [6.07, 6.45) is 5.84. The van der Waals surface area contributed by atoms with Crippen molar-refractivity contribution in [1.29, 1.82) is 0 Å². The van der Waals surface area contributed by atoms with Crippen LogP contribution in [0.25, 0.3) is 0 Å². The van der Waals surface area contributed by atoms with Gasteiger partial charge in [-0.1, -0.05) is 28.1 Å². The highest BCUT2D eigenvalue weighted by atomic mass is 79.9. The molecule has 1 aromatic rings. The van der Waals surface area contributed by atoms with Gasteiger partial charge >= 0.3 is 0 Å². The monoisotopic (exact) mass is 293 g/mol. The largest absolute Gasteiger partial charge is 0.299 e. The molecule has 0 saturated heterocycles. The molecule has 92 valence electrons. The van der Waals surface area contributed by atoms with Crippen LogP contribution in [0.1, 0.15) is 31.2 Å². The minimum Gasteiger partial charge on any atom is -0.299 e. The molecule has 0 heterocycles. The Labute approximate surface area is 112 Å². The van der Waals surface area contributed by atoms with Crippen LogP contribution < -0.4 is 0 Å². The van der Waals surface area contributed by atoms with Gasteiger partial charge in [-0.3, -0.25) is 4.90 Å². The van der Waals surface area contributed by atoms with Crippen molar-refractivity contribution in [2.75, 3.05) is 13.1 Å². The first-order chi connectivity index (χ1) is 8.29. The summed E-state index contributed by atoms with van der Waals surface area (Å²) in [5, 5.41) is 0. The quantitative estimate of drug-likeness (QED) is 0.764. The van der Waals surface area contributed by atoms with Gasteiger partial charge < -0.3 is 0 Å². The lowest BCUT2D eigenvalue weighted by Gasteiger charge is -2.22. The molecule has 0 atom stereocenters. The Hall–Kier alpha value is -0.340. The molecule has 0 bridgehead atoms. The number of hydrogen-bond acceptors (Lipinski definition) is 1. The van der Waals surface area contributed by atoms with E-state index in [0.29, 0.717) is 0 Å². The van der Waals surface area contributed by atoms with Crippen LogP contribution in [0, 0.1) is 11.8 Å². The molecule has 3 rings (SSSR count). The first-order valence-electron chi connectivity index (χ1n) is 6.76. The molecule has 17 heavy (non-hydrogen) atoms. The SMILES string of the molecule is Brc1ccc(CN(CC2CC2)CC2CC2)cc1. The van der Waals surface area contributed by atoms with Gasteiger partial charge in [0.05, 0.1) is 0 Å². The molecule has 2 saturated carbocycles. The highest BCUT2D eigenvalue weighted by Crippen LogP contribution is 2.34. The van der Waals surface area contributed by atoms with Crippen LogP contribution in [0.15, 0.2) is 28.7 Å². The van der Waals surface area contributed by atoms with Gasteiger partial charge in [0.15, 0.2) is 0 Å². The molecule has 0 N–H and O–H groups in total. The lowest BCUT2D eigenvalue weighted by atomic mass is 10.2. The number of halogens is 1. The molecule has 2 aliphatic rings. The Morgan fingerprint density at radius 3 is 1.94 bits per heavy atom. The summed E-state index contributed by atoms with van der Waals surface area (Å²) in [7, 11) is 0. The molecule has 0 amide bonds. The summed E-state index contributed by atoms with van der Waals surface area (Å²) in [4.78, 5) is 2.68. The summed E-state index contributed by atoms with van der Waals surface area (Å²) in [6.45, 7) is 3.79. The van der Waals surface area contributed by atoms with E-state index in [9.17, 15) is 0 Å². The summed E-state index contributed by atoms with van der Waals surface area (Å²) in [6, 6.07) is 8.80. The molecule has 2 fully saturated rings. The van der Waals surface area contributed by atoms with Gasteiger partial charge in [0, 0.05) is 24.1 Å². The predicted octanol–water partition coefficient (Wildman–Crippen LogP) is 4.07. The molecule has 0 spiro atoms. The topological polar surface area (TPSA) is 3.24 Å². The molecule has 0 radical (unpaired) electrons. The van der Waals surface area contributed by atoms with E-state index in [2.05, 4.69) is 45.1 Å². The van der Waals surface area contributed by atoms with Crippen molar-refractivity contribution >= 4 is 15.9 Å². The zero-order valence-corrected chi connectivity index (χ0v) is 11.8. The number of hydrogen-bond donors (Lipinski definition) is 0. The molecule has 2 heteroatoms. The Morgan fingerprint density at radius 2 is 1.47 bits per heavy atom. The van der Waals surface area contributed by atoms with Gasteiger partial charge in [0.1, 0.15) is 0 Å².